The zero-order chi connectivity index (χ0) is 20.1. The van der Waals surface area contributed by atoms with Crippen LogP contribution in [0.5, 0.6) is 0 Å². The molecule has 0 aliphatic rings. The van der Waals surface area contributed by atoms with E-state index in [1.807, 2.05) is 44.2 Å². The summed E-state index contributed by atoms with van der Waals surface area (Å²) in [6.07, 6.45) is 0. The van der Waals surface area contributed by atoms with Crippen LogP contribution in [-0.2, 0) is 9.59 Å². The molecule has 8 nitrogen and oxygen atoms in total. The Hall–Kier alpha value is -3.07. The number of carbonyl (C=O) groups excluding carboxylic acids is 2. The zero-order valence-corrected chi connectivity index (χ0v) is 16.7. The number of anilines is 2. The fourth-order valence-electron chi connectivity index (χ4n) is 2.66. The lowest BCUT2D eigenvalue weighted by atomic mass is 10.2. The van der Waals surface area contributed by atoms with Gasteiger partial charge in [0.05, 0.1) is 28.6 Å². The van der Waals surface area contributed by atoms with Gasteiger partial charge in [0.25, 0.3) is 0 Å². The van der Waals surface area contributed by atoms with E-state index in [4.69, 9.17) is 4.52 Å². The van der Waals surface area contributed by atoms with Crippen molar-refractivity contribution in [3.8, 4) is 5.69 Å². The summed E-state index contributed by atoms with van der Waals surface area (Å²) >= 11 is 1.22. The van der Waals surface area contributed by atoms with Gasteiger partial charge in [-0.05, 0) is 39.0 Å². The van der Waals surface area contributed by atoms with Crippen molar-refractivity contribution in [1.29, 1.82) is 0 Å². The van der Waals surface area contributed by atoms with Crippen molar-refractivity contribution >= 4 is 35.1 Å². The summed E-state index contributed by atoms with van der Waals surface area (Å²) in [6, 6.07) is 11.1. The van der Waals surface area contributed by atoms with Crippen LogP contribution in [0.1, 0.15) is 17.1 Å². The fourth-order valence-corrected chi connectivity index (χ4v) is 3.28. The second kappa shape index (κ2) is 8.75. The Morgan fingerprint density at radius 3 is 2.43 bits per heavy atom. The summed E-state index contributed by atoms with van der Waals surface area (Å²) in [5, 5.41) is 13.7. The Labute approximate surface area is 166 Å². The molecule has 146 valence electrons. The molecular weight excluding hydrogens is 378 g/mol. The Kier molecular flexibility index (Phi) is 6.15. The van der Waals surface area contributed by atoms with Crippen molar-refractivity contribution in [2.75, 3.05) is 22.1 Å². The molecule has 0 saturated carbocycles. The van der Waals surface area contributed by atoms with Gasteiger partial charge < -0.3 is 15.2 Å². The van der Waals surface area contributed by atoms with Crippen LogP contribution in [0.2, 0.25) is 0 Å². The number of hydrogen-bond acceptors (Lipinski definition) is 6. The highest BCUT2D eigenvalue weighted by Crippen LogP contribution is 2.22. The normalized spacial score (nSPS) is 10.7. The molecule has 9 heteroatoms. The van der Waals surface area contributed by atoms with Crippen molar-refractivity contribution in [3.63, 3.8) is 0 Å². The summed E-state index contributed by atoms with van der Waals surface area (Å²) in [5.41, 5.74) is 3.35. The highest BCUT2D eigenvalue weighted by molar-refractivity contribution is 8.00. The summed E-state index contributed by atoms with van der Waals surface area (Å²) < 4.78 is 6.69. The Balaban J connectivity index is 1.54. The number of hydrogen-bond donors (Lipinski definition) is 2. The van der Waals surface area contributed by atoms with E-state index in [-0.39, 0.29) is 23.3 Å². The van der Waals surface area contributed by atoms with E-state index in [2.05, 4.69) is 20.9 Å². The molecule has 0 atom stereocenters. The van der Waals surface area contributed by atoms with Crippen LogP contribution in [0.25, 0.3) is 5.69 Å². The summed E-state index contributed by atoms with van der Waals surface area (Å²) in [6.45, 7) is 5.63. The van der Waals surface area contributed by atoms with Gasteiger partial charge in [0.1, 0.15) is 5.76 Å². The van der Waals surface area contributed by atoms with E-state index in [9.17, 15) is 9.59 Å². The summed E-state index contributed by atoms with van der Waals surface area (Å²) in [5.74, 6) is 0.836. The second-order valence-electron chi connectivity index (χ2n) is 6.27. The molecule has 0 saturated heterocycles. The van der Waals surface area contributed by atoms with Crippen LogP contribution in [0.15, 0.2) is 40.9 Å². The lowest BCUT2D eigenvalue weighted by Gasteiger charge is -2.12. The zero-order valence-electron chi connectivity index (χ0n) is 15.9. The van der Waals surface area contributed by atoms with Gasteiger partial charge in [-0.15, -0.1) is 11.8 Å². The maximum atomic E-state index is 12.3. The minimum absolute atomic E-state index is 0.137. The Morgan fingerprint density at radius 2 is 1.79 bits per heavy atom. The molecule has 2 heterocycles. The number of nitrogens with zero attached hydrogens (tertiary/aromatic N) is 3. The molecule has 3 rings (SSSR count). The molecule has 28 heavy (non-hydrogen) atoms. The first-order chi connectivity index (χ1) is 13.4. The molecule has 3 aromatic rings. The van der Waals surface area contributed by atoms with Crippen LogP contribution in [0.4, 0.5) is 11.5 Å². The van der Waals surface area contributed by atoms with Gasteiger partial charge in [-0.3, -0.25) is 9.59 Å². The molecule has 0 radical (unpaired) electrons. The minimum Gasteiger partial charge on any atom is -0.360 e. The van der Waals surface area contributed by atoms with Crippen LogP contribution in [-0.4, -0.2) is 38.3 Å². The average molecular weight is 399 g/mol. The molecule has 0 fully saturated rings. The molecule has 0 unspecified atom stereocenters. The third-order valence-electron chi connectivity index (χ3n) is 3.78. The van der Waals surface area contributed by atoms with E-state index >= 15 is 0 Å². The van der Waals surface area contributed by atoms with Crippen LogP contribution < -0.4 is 10.6 Å². The molecule has 0 aliphatic carbocycles. The minimum atomic E-state index is -0.242. The summed E-state index contributed by atoms with van der Waals surface area (Å²) in [7, 11) is 0. The number of rotatable bonds is 7. The first-order valence-corrected chi connectivity index (χ1v) is 9.81. The Bertz CT molecular complexity index is 995. The number of nitrogens with one attached hydrogen (secondary N) is 2. The molecule has 0 bridgehead atoms. The molecule has 2 amide bonds. The standard InChI is InChI=1S/C19H21N5O3S/c1-12-8-13(2)24(22-12)16-7-5-4-6-15(16)20-18(25)10-28-11-19(26)21-17-9-14(3)27-23-17/h4-9H,10-11H2,1-3H3,(H,20,25)(H,21,23,26). The van der Waals surface area contributed by atoms with Crippen molar-refractivity contribution < 1.29 is 14.1 Å². The van der Waals surface area contributed by atoms with Gasteiger partial charge in [0.15, 0.2) is 5.82 Å². The fraction of sp³-hybridized carbons (Fsp3) is 0.263. The number of aryl methyl sites for hydroxylation is 3. The number of benzene rings is 1. The second-order valence-corrected chi connectivity index (χ2v) is 7.25. The molecule has 0 aliphatic heterocycles. The first-order valence-electron chi connectivity index (χ1n) is 8.66. The van der Waals surface area contributed by atoms with Gasteiger partial charge in [0.2, 0.25) is 11.8 Å². The molecule has 0 spiro atoms. The van der Waals surface area contributed by atoms with Crippen LogP contribution in [0, 0.1) is 20.8 Å². The molecular formula is C19H21N5O3S. The van der Waals surface area contributed by atoms with E-state index in [1.165, 1.54) is 11.8 Å². The largest absolute Gasteiger partial charge is 0.360 e. The maximum Gasteiger partial charge on any atom is 0.235 e. The van der Waals surface area contributed by atoms with Crippen LogP contribution >= 0.6 is 11.8 Å². The van der Waals surface area contributed by atoms with Gasteiger partial charge in [0, 0.05) is 11.8 Å². The number of aromatic nitrogens is 3. The van der Waals surface area contributed by atoms with E-state index in [0.717, 1.165) is 17.1 Å². The van der Waals surface area contributed by atoms with E-state index < -0.39 is 0 Å². The van der Waals surface area contributed by atoms with Crippen molar-refractivity contribution in [2.24, 2.45) is 0 Å². The average Bonchev–Trinajstić information content (AvgIpc) is 3.19. The van der Waals surface area contributed by atoms with Crippen molar-refractivity contribution in [3.05, 3.63) is 53.5 Å². The third-order valence-corrected chi connectivity index (χ3v) is 4.71. The molecule has 2 aromatic heterocycles. The van der Waals surface area contributed by atoms with E-state index in [1.54, 1.807) is 17.7 Å². The first kappa shape index (κ1) is 19.7. The van der Waals surface area contributed by atoms with E-state index in [0.29, 0.717) is 17.3 Å². The number of para-hydroxylation sites is 2. The van der Waals surface area contributed by atoms with Gasteiger partial charge >= 0.3 is 0 Å². The quantitative estimate of drug-likeness (QED) is 0.633. The topological polar surface area (TPSA) is 102 Å². The van der Waals surface area contributed by atoms with Gasteiger partial charge in [-0.25, -0.2) is 4.68 Å². The highest BCUT2D eigenvalue weighted by atomic mass is 32.2. The van der Waals surface area contributed by atoms with Crippen molar-refractivity contribution in [1.82, 2.24) is 14.9 Å². The van der Waals surface area contributed by atoms with Crippen molar-refractivity contribution in [2.45, 2.75) is 20.8 Å². The Morgan fingerprint density at radius 1 is 1.07 bits per heavy atom. The predicted molar refractivity (Wildman–Crippen MR) is 109 cm³/mol. The molecule has 1 aromatic carbocycles. The highest BCUT2D eigenvalue weighted by Gasteiger charge is 2.12. The summed E-state index contributed by atoms with van der Waals surface area (Å²) in [4.78, 5) is 24.2. The smallest absolute Gasteiger partial charge is 0.235 e. The third kappa shape index (κ3) is 5.01. The van der Waals surface area contributed by atoms with Gasteiger partial charge in [-0.2, -0.15) is 5.10 Å². The maximum absolute atomic E-state index is 12.3. The SMILES string of the molecule is Cc1cc(C)n(-c2ccccc2NC(=O)CSCC(=O)Nc2cc(C)on2)n1. The monoisotopic (exact) mass is 399 g/mol. The number of carbonyl (C=O) groups is 2. The molecule has 2 N–H and O–H groups in total. The lowest BCUT2D eigenvalue weighted by molar-refractivity contribution is -0.114. The number of thioether (sulfide) groups is 1. The lowest BCUT2D eigenvalue weighted by Crippen LogP contribution is -2.19. The number of amides is 2. The van der Waals surface area contributed by atoms with Crippen LogP contribution in [0.3, 0.4) is 0 Å². The van der Waals surface area contributed by atoms with Gasteiger partial charge in [-0.1, -0.05) is 17.3 Å². The predicted octanol–water partition coefficient (Wildman–Crippen LogP) is 3.10.